The zero-order valence-corrected chi connectivity index (χ0v) is 20.2. The summed E-state index contributed by atoms with van der Waals surface area (Å²) in [6, 6.07) is 23.1. The number of rotatable bonds is 9. The molecule has 3 N–H and O–H groups in total. The van der Waals surface area contributed by atoms with Gasteiger partial charge in [0.25, 0.3) is 11.8 Å². The third kappa shape index (κ3) is 6.80. The number of benzene rings is 3. The smallest absolute Gasteiger partial charge is 0.287 e. The van der Waals surface area contributed by atoms with Crippen LogP contribution in [0.5, 0.6) is 5.75 Å². The molecule has 3 aromatic rings. The van der Waals surface area contributed by atoms with Crippen LogP contribution in [0, 0.1) is 0 Å². The molecule has 0 saturated heterocycles. The van der Waals surface area contributed by atoms with E-state index in [1.54, 1.807) is 61.5 Å². The number of hydrogen-bond donors (Lipinski definition) is 3. The van der Waals surface area contributed by atoms with Crippen LogP contribution in [0.3, 0.4) is 0 Å². The van der Waals surface area contributed by atoms with Crippen LogP contribution in [-0.4, -0.2) is 35.7 Å². The highest BCUT2D eigenvalue weighted by Gasteiger charge is 2.15. The molecule has 7 nitrogen and oxygen atoms in total. The Morgan fingerprint density at radius 2 is 1.54 bits per heavy atom. The van der Waals surface area contributed by atoms with Crippen LogP contribution in [0.4, 0.5) is 5.69 Å². The molecule has 3 aromatic carbocycles. The first-order valence-electron chi connectivity index (χ1n) is 11.5. The fraction of sp³-hybridized carbons (Fsp3) is 0.179. The molecule has 0 radical (unpaired) electrons. The first-order chi connectivity index (χ1) is 16.9. The number of nitrogens with zero attached hydrogens (tertiary/aromatic N) is 2. The van der Waals surface area contributed by atoms with Gasteiger partial charge in [0.05, 0.1) is 5.71 Å². The van der Waals surface area contributed by atoms with Crippen molar-refractivity contribution in [3.63, 3.8) is 0 Å². The van der Waals surface area contributed by atoms with E-state index in [2.05, 4.69) is 34.6 Å². The second-order valence-corrected chi connectivity index (χ2v) is 7.80. The number of para-hydroxylation sites is 1. The Hall–Kier alpha value is -4.39. The van der Waals surface area contributed by atoms with E-state index < -0.39 is 11.8 Å². The largest absolute Gasteiger partial charge is 0.507 e. The minimum atomic E-state index is -0.586. The van der Waals surface area contributed by atoms with Crippen molar-refractivity contribution in [3.8, 4) is 5.75 Å². The molecule has 0 saturated carbocycles. The number of phenols is 1. The van der Waals surface area contributed by atoms with Crippen molar-refractivity contribution in [2.24, 2.45) is 5.10 Å². The third-order valence-corrected chi connectivity index (χ3v) is 5.48. The van der Waals surface area contributed by atoms with Gasteiger partial charge in [-0.2, -0.15) is 5.10 Å². The zero-order valence-electron chi connectivity index (χ0n) is 20.2. The first-order valence-corrected chi connectivity index (χ1v) is 11.5. The maximum absolute atomic E-state index is 13.0. The van der Waals surface area contributed by atoms with Gasteiger partial charge in [0.2, 0.25) is 0 Å². The first kappa shape index (κ1) is 25.2. The zero-order chi connectivity index (χ0) is 25.2. The summed E-state index contributed by atoms with van der Waals surface area (Å²) in [4.78, 5) is 28.0. The summed E-state index contributed by atoms with van der Waals surface area (Å²) < 4.78 is 0. The van der Waals surface area contributed by atoms with Gasteiger partial charge in [-0.1, -0.05) is 42.5 Å². The van der Waals surface area contributed by atoms with Gasteiger partial charge in [0, 0.05) is 29.9 Å². The van der Waals surface area contributed by atoms with Crippen LogP contribution >= 0.6 is 0 Å². The maximum atomic E-state index is 13.0. The summed E-state index contributed by atoms with van der Waals surface area (Å²) in [6.45, 7) is 7.64. The summed E-state index contributed by atoms with van der Waals surface area (Å²) in [5.41, 5.74) is 5.70. The van der Waals surface area contributed by atoms with Crippen LogP contribution in [0.1, 0.15) is 42.3 Å². The normalized spacial score (nSPS) is 11.6. The van der Waals surface area contributed by atoms with Crippen LogP contribution in [0.15, 0.2) is 89.7 Å². The Morgan fingerprint density at radius 3 is 2.17 bits per heavy atom. The Labute approximate surface area is 205 Å². The summed E-state index contributed by atoms with van der Waals surface area (Å²) in [5, 5.41) is 16.8. The molecule has 0 aromatic heterocycles. The summed E-state index contributed by atoms with van der Waals surface area (Å²) in [7, 11) is 0. The van der Waals surface area contributed by atoms with Gasteiger partial charge < -0.3 is 15.3 Å². The molecule has 0 atom stereocenters. The summed E-state index contributed by atoms with van der Waals surface area (Å²) in [6.07, 6.45) is 1.60. The number of hydrogen-bond acceptors (Lipinski definition) is 5. The fourth-order valence-corrected chi connectivity index (χ4v) is 3.51. The minimum absolute atomic E-state index is 0.0447. The van der Waals surface area contributed by atoms with E-state index >= 15 is 0 Å². The van der Waals surface area contributed by atoms with Gasteiger partial charge in [0.15, 0.2) is 0 Å². The Balaban J connectivity index is 1.87. The third-order valence-electron chi connectivity index (χ3n) is 5.48. The SMILES string of the molecule is CCN(CC)c1ccc(/C=C(/NC(=O)c2ccccc2)C(=O)N/N=C(/C)c2ccccc2O)cc1. The molecule has 2 amide bonds. The van der Waals surface area contributed by atoms with Crippen molar-refractivity contribution in [1.29, 1.82) is 0 Å². The predicted molar refractivity (Wildman–Crippen MR) is 140 cm³/mol. The van der Waals surface area contributed by atoms with Gasteiger partial charge in [-0.05, 0) is 68.8 Å². The molecule has 0 aliphatic heterocycles. The molecule has 3 rings (SSSR count). The number of phenolic OH excluding ortho intramolecular Hbond substituents is 1. The Morgan fingerprint density at radius 1 is 0.914 bits per heavy atom. The van der Waals surface area contributed by atoms with Crippen molar-refractivity contribution in [2.75, 3.05) is 18.0 Å². The van der Waals surface area contributed by atoms with Crippen LogP contribution in [0.2, 0.25) is 0 Å². The van der Waals surface area contributed by atoms with E-state index in [4.69, 9.17) is 0 Å². The van der Waals surface area contributed by atoms with Crippen LogP contribution in [-0.2, 0) is 4.79 Å². The van der Waals surface area contributed by atoms with E-state index in [-0.39, 0.29) is 11.4 Å². The van der Waals surface area contributed by atoms with Crippen molar-refractivity contribution < 1.29 is 14.7 Å². The molecule has 0 aliphatic carbocycles. The Bertz CT molecular complexity index is 1210. The number of hydrazone groups is 1. The summed E-state index contributed by atoms with van der Waals surface area (Å²) in [5.74, 6) is -0.936. The number of nitrogens with one attached hydrogen (secondary N) is 2. The number of anilines is 1. The van der Waals surface area contributed by atoms with Crippen LogP contribution < -0.4 is 15.6 Å². The summed E-state index contributed by atoms with van der Waals surface area (Å²) >= 11 is 0. The van der Waals surface area contributed by atoms with E-state index in [9.17, 15) is 14.7 Å². The molecular weight excluding hydrogens is 440 g/mol. The number of aromatic hydroxyl groups is 1. The van der Waals surface area contributed by atoms with Gasteiger partial charge >= 0.3 is 0 Å². The standard InChI is InChI=1S/C28H30N4O3/c1-4-32(5-2)23-17-15-21(16-18-23)19-25(29-27(34)22-11-7-6-8-12-22)28(35)31-30-20(3)24-13-9-10-14-26(24)33/h6-19,33H,4-5H2,1-3H3,(H,29,34)(H,31,35)/b25-19+,30-20-. The highest BCUT2D eigenvalue weighted by atomic mass is 16.3. The van der Waals surface area contributed by atoms with Crippen molar-refractivity contribution in [3.05, 3.63) is 101 Å². The van der Waals surface area contributed by atoms with Gasteiger partial charge in [-0.15, -0.1) is 0 Å². The second-order valence-electron chi connectivity index (χ2n) is 7.80. The fourth-order valence-electron chi connectivity index (χ4n) is 3.51. The average molecular weight is 471 g/mol. The highest BCUT2D eigenvalue weighted by Crippen LogP contribution is 2.18. The molecule has 0 heterocycles. The number of amides is 2. The second kappa shape index (κ2) is 12.2. The van der Waals surface area contributed by atoms with E-state index in [1.807, 2.05) is 30.3 Å². The van der Waals surface area contributed by atoms with E-state index in [1.165, 1.54) is 0 Å². The highest BCUT2D eigenvalue weighted by molar-refractivity contribution is 6.06. The molecular formula is C28H30N4O3. The molecule has 0 fully saturated rings. The van der Waals surface area contributed by atoms with Gasteiger partial charge in [-0.25, -0.2) is 5.43 Å². The van der Waals surface area contributed by atoms with Crippen molar-refractivity contribution in [2.45, 2.75) is 20.8 Å². The van der Waals surface area contributed by atoms with Gasteiger partial charge in [0.1, 0.15) is 11.4 Å². The number of carbonyl (C=O) groups excluding carboxylic acids is 2. The van der Waals surface area contributed by atoms with E-state index in [0.29, 0.717) is 16.8 Å². The van der Waals surface area contributed by atoms with Crippen LogP contribution in [0.25, 0.3) is 6.08 Å². The lowest BCUT2D eigenvalue weighted by atomic mass is 10.1. The maximum Gasteiger partial charge on any atom is 0.287 e. The predicted octanol–water partition coefficient (Wildman–Crippen LogP) is 4.55. The molecule has 180 valence electrons. The topological polar surface area (TPSA) is 94.0 Å². The lowest BCUT2D eigenvalue weighted by molar-refractivity contribution is -0.117. The quantitative estimate of drug-likeness (QED) is 0.243. The molecule has 0 aliphatic rings. The number of carbonyl (C=O) groups is 2. The van der Waals surface area contributed by atoms with Crippen molar-refractivity contribution >= 4 is 29.3 Å². The van der Waals surface area contributed by atoms with Gasteiger partial charge in [-0.3, -0.25) is 9.59 Å². The molecule has 7 heteroatoms. The van der Waals surface area contributed by atoms with Crippen molar-refractivity contribution in [1.82, 2.24) is 10.7 Å². The Kier molecular flexibility index (Phi) is 8.78. The molecule has 0 unspecified atom stereocenters. The lowest BCUT2D eigenvalue weighted by Crippen LogP contribution is -2.33. The average Bonchev–Trinajstić information content (AvgIpc) is 2.89. The molecule has 0 spiro atoms. The van der Waals surface area contributed by atoms with E-state index in [0.717, 1.165) is 24.3 Å². The molecule has 35 heavy (non-hydrogen) atoms. The molecule has 0 bridgehead atoms. The lowest BCUT2D eigenvalue weighted by Gasteiger charge is -2.21. The monoisotopic (exact) mass is 470 g/mol. The minimum Gasteiger partial charge on any atom is -0.507 e.